The Labute approximate surface area is 95.0 Å². The third-order valence-corrected chi connectivity index (χ3v) is 2.81. The van der Waals surface area contributed by atoms with E-state index in [9.17, 15) is 4.79 Å². The van der Waals surface area contributed by atoms with Gasteiger partial charge in [-0.1, -0.05) is 0 Å². The minimum Gasteiger partial charge on any atom is -0.352 e. The molecule has 2 atom stereocenters. The number of H-pyrrole nitrogens is 1. The lowest BCUT2D eigenvalue weighted by molar-refractivity contribution is -0.123. The summed E-state index contributed by atoms with van der Waals surface area (Å²) in [6, 6.07) is 2.24. The van der Waals surface area contributed by atoms with Crippen molar-refractivity contribution in [3.05, 3.63) is 18.0 Å². The Kier molecular flexibility index (Phi) is 3.24. The second-order valence-electron chi connectivity index (χ2n) is 4.40. The van der Waals surface area contributed by atoms with E-state index in [1.165, 1.54) is 0 Å². The average molecular weight is 222 g/mol. The molecule has 5 heteroatoms. The first-order valence-electron chi connectivity index (χ1n) is 5.72. The van der Waals surface area contributed by atoms with Gasteiger partial charge in [-0.25, -0.2) is 0 Å². The number of carbonyl (C=O) groups excluding carboxylic acids is 1. The van der Waals surface area contributed by atoms with Gasteiger partial charge in [-0.3, -0.25) is 15.2 Å². The van der Waals surface area contributed by atoms with Crippen LogP contribution in [0.2, 0.25) is 0 Å². The molecule has 1 fully saturated rings. The number of nitrogens with one attached hydrogen (secondary N) is 3. The lowest BCUT2D eigenvalue weighted by atomic mass is 10.2. The van der Waals surface area contributed by atoms with E-state index in [1.807, 2.05) is 19.9 Å². The first kappa shape index (κ1) is 11.1. The molecule has 1 saturated carbocycles. The summed E-state index contributed by atoms with van der Waals surface area (Å²) < 4.78 is 0. The maximum Gasteiger partial charge on any atom is 0.237 e. The van der Waals surface area contributed by atoms with Gasteiger partial charge < -0.3 is 5.32 Å². The van der Waals surface area contributed by atoms with Crippen molar-refractivity contribution in [3.63, 3.8) is 0 Å². The minimum atomic E-state index is -0.182. The predicted molar refractivity (Wildman–Crippen MR) is 60.8 cm³/mol. The van der Waals surface area contributed by atoms with Crippen LogP contribution in [-0.4, -0.2) is 28.2 Å². The van der Waals surface area contributed by atoms with E-state index < -0.39 is 0 Å². The van der Waals surface area contributed by atoms with Crippen molar-refractivity contribution >= 4 is 5.91 Å². The van der Waals surface area contributed by atoms with Crippen LogP contribution in [0.25, 0.3) is 0 Å². The van der Waals surface area contributed by atoms with Crippen LogP contribution >= 0.6 is 0 Å². The highest BCUT2D eigenvalue weighted by Gasteiger charge is 2.26. The Morgan fingerprint density at radius 1 is 1.56 bits per heavy atom. The number of carbonyl (C=O) groups is 1. The zero-order valence-electron chi connectivity index (χ0n) is 9.66. The number of nitrogens with zero attached hydrogens (tertiary/aromatic N) is 1. The van der Waals surface area contributed by atoms with E-state index in [0.29, 0.717) is 6.04 Å². The molecular weight excluding hydrogens is 204 g/mol. The summed E-state index contributed by atoms with van der Waals surface area (Å²) in [5.74, 6) is 0.0777. The number of hydrogen-bond acceptors (Lipinski definition) is 3. The van der Waals surface area contributed by atoms with Gasteiger partial charge in [0.05, 0.1) is 11.7 Å². The fourth-order valence-corrected chi connectivity index (χ4v) is 1.60. The highest BCUT2D eigenvalue weighted by Crippen LogP contribution is 2.18. The van der Waals surface area contributed by atoms with Crippen molar-refractivity contribution in [3.8, 4) is 0 Å². The van der Waals surface area contributed by atoms with Crippen molar-refractivity contribution in [1.29, 1.82) is 0 Å². The normalized spacial score (nSPS) is 19.1. The van der Waals surface area contributed by atoms with Crippen LogP contribution in [0.3, 0.4) is 0 Å². The van der Waals surface area contributed by atoms with Crippen LogP contribution in [0.1, 0.15) is 38.4 Å². The summed E-state index contributed by atoms with van der Waals surface area (Å²) >= 11 is 0. The fraction of sp³-hybridized carbons (Fsp3) is 0.636. The molecule has 88 valence electrons. The SMILES string of the molecule is CC(NC(C)c1ccn[nH]1)C(=O)NC1CC1. The van der Waals surface area contributed by atoms with Gasteiger partial charge in [-0.05, 0) is 32.8 Å². The van der Waals surface area contributed by atoms with Gasteiger partial charge in [-0.2, -0.15) is 5.10 Å². The lowest BCUT2D eigenvalue weighted by Crippen LogP contribution is -2.43. The fourth-order valence-electron chi connectivity index (χ4n) is 1.60. The van der Waals surface area contributed by atoms with E-state index >= 15 is 0 Å². The molecule has 0 aromatic carbocycles. The first-order chi connectivity index (χ1) is 7.66. The molecule has 1 aromatic rings. The summed E-state index contributed by atoms with van der Waals surface area (Å²) in [6.07, 6.45) is 3.95. The molecule has 5 nitrogen and oxygen atoms in total. The molecule has 0 radical (unpaired) electrons. The van der Waals surface area contributed by atoms with Gasteiger partial charge in [0.2, 0.25) is 5.91 Å². The largest absolute Gasteiger partial charge is 0.352 e. The van der Waals surface area contributed by atoms with E-state index in [4.69, 9.17) is 0 Å². The van der Waals surface area contributed by atoms with Crippen LogP contribution in [0.15, 0.2) is 12.3 Å². The summed E-state index contributed by atoms with van der Waals surface area (Å²) in [5, 5.41) is 13.0. The van der Waals surface area contributed by atoms with Crippen LogP contribution in [0, 0.1) is 0 Å². The molecule has 2 rings (SSSR count). The van der Waals surface area contributed by atoms with E-state index in [0.717, 1.165) is 18.5 Å². The third kappa shape index (κ3) is 2.82. The molecular formula is C11H18N4O. The number of aromatic amines is 1. The highest BCUT2D eigenvalue weighted by molar-refractivity contribution is 5.81. The van der Waals surface area contributed by atoms with E-state index in [-0.39, 0.29) is 18.0 Å². The van der Waals surface area contributed by atoms with Crippen molar-refractivity contribution in [2.75, 3.05) is 0 Å². The Balaban J connectivity index is 1.81. The summed E-state index contributed by atoms with van der Waals surface area (Å²) in [7, 11) is 0. The maximum atomic E-state index is 11.7. The van der Waals surface area contributed by atoms with E-state index in [2.05, 4.69) is 20.8 Å². The number of amides is 1. The smallest absolute Gasteiger partial charge is 0.237 e. The van der Waals surface area contributed by atoms with Crippen molar-refractivity contribution in [1.82, 2.24) is 20.8 Å². The second kappa shape index (κ2) is 4.65. The maximum absolute atomic E-state index is 11.7. The monoisotopic (exact) mass is 222 g/mol. The molecule has 0 saturated heterocycles. The molecule has 0 bridgehead atoms. The van der Waals surface area contributed by atoms with Crippen LogP contribution < -0.4 is 10.6 Å². The summed E-state index contributed by atoms with van der Waals surface area (Å²) in [6.45, 7) is 3.89. The molecule has 0 aliphatic heterocycles. The third-order valence-electron chi connectivity index (χ3n) is 2.81. The Morgan fingerprint density at radius 2 is 2.31 bits per heavy atom. The zero-order valence-corrected chi connectivity index (χ0v) is 9.66. The number of rotatable bonds is 5. The predicted octanol–water partition coefficient (Wildman–Crippen LogP) is 0.727. The quantitative estimate of drug-likeness (QED) is 0.687. The van der Waals surface area contributed by atoms with Crippen molar-refractivity contribution in [2.24, 2.45) is 0 Å². The Hall–Kier alpha value is -1.36. The molecule has 2 unspecified atom stereocenters. The van der Waals surface area contributed by atoms with Crippen LogP contribution in [0.5, 0.6) is 0 Å². The van der Waals surface area contributed by atoms with E-state index in [1.54, 1.807) is 6.20 Å². The van der Waals surface area contributed by atoms with Gasteiger partial charge in [0.15, 0.2) is 0 Å². The first-order valence-corrected chi connectivity index (χ1v) is 5.72. The Bertz CT molecular complexity index is 345. The second-order valence-corrected chi connectivity index (χ2v) is 4.40. The van der Waals surface area contributed by atoms with Gasteiger partial charge in [0.1, 0.15) is 0 Å². The molecule has 1 amide bonds. The van der Waals surface area contributed by atoms with Gasteiger partial charge in [-0.15, -0.1) is 0 Å². The van der Waals surface area contributed by atoms with Crippen LogP contribution in [-0.2, 0) is 4.79 Å². The molecule has 1 aliphatic rings. The standard InChI is InChI=1S/C11H18N4O/c1-7(10-5-6-12-15-10)13-8(2)11(16)14-9-3-4-9/h5-9,13H,3-4H2,1-2H3,(H,12,15)(H,14,16). The molecule has 0 spiro atoms. The highest BCUT2D eigenvalue weighted by atomic mass is 16.2. The Morgan fingerprint density at radius 3 is 2.88 bits per heavy atom. The number of aromatic nitrogens is 2. The molecule has 1 heterocycles. The van der Waals surface area contributed by atoms with Gasteiger partial charge in [0, 0.05) is 18.3 Å². The molecule has 1 aliphatic carbocycles. The topological polar surface area (TPSA) is 69.8 Å². The van der Waals surface area contributed by atoms with Crippen LogP contribution in [0.4, 0.5) is 0 Å². The molecule has 1 aromatic heterocycles. The molecule has 3 N–H and O–H groups in total. The molecule has 16 heavy (non-hydrogen) atoms. The lowest BCUT2D eigenvalue weighted by Gasteiger charge is -2.18. The van der Waals surface area contributed by atoms with Crippen molar-refractivity contribution in [2.45, 2.75) is 44.8 Å². The minimum absolute atomic E-state index is 0.0777. The van der Waals surface area contributed by atoms with Gasteiger partial charge in [0.25, 0.3) is 0 Å². The number of hydrogen-bond donors (Lipinski definition) is 3. The van der Waals surface area contributed by atoms with Gasteiger partial charge >= 0.3 is 0 Å². The summed E-state index contributed by atoms with van der Waals surface area (Å²) in [4.78, 5) is 11.7. The summed E-state index contributed by atoms with van der Waals surface area (Å²) in [5.41, 5.74) is 0.992. The van der Waals surface area contributed by atoms with Crippen molar-refractivity contribution < 1.29 is 4.79 Å². The zero-order chi connectivity index (χ0) is 11.5. The average Bonchev–Trinajstić information content (AvgIpc) is 2.89.